The second-order valence-corrected chi connectivity index (χ2v) is 8.68. The molecule has 0 N–H and O–H groups in total. The molecule has 2 heterocycles. The van der Waals surface area contributed by atoms with Gasteiger partial charge >= 0.3 is 0 Å². The molecule has 2 nitrogen and oxygen atoms in total. The van der Waals surface area contributed by atoms with Gasteiger partial charge in [0.15, 0.2) is 0 Å². The first-order chi connectivity index (χ1) is 11.6. The van der Waals surface area contributed by atoms with E-state index in [1.165, 1.54) is 25.5 Å². The van der Waals surface area contributed by atoms with Crippen LogP contribution in [0.25, 0.3) is 20.4 Å². The molecule has 0 radical (unpaired) electrons. The van der Waals surface area contributed by atoms with Gasteiger partial charge in [-0.2, -0.15) is 0 Å². The highest BCUT2D eigenvalue weighted by molar-refractivity contribution is 7.18. The number of benzene rings is 2. The Hall–Kier alpha value is -1.78. The van der Waals surface area contributed by atoms with Gasteiger partial charge in [0, 0.05) is 6.42 Å². The van der Waals surface area contributed by atoms with Crippen LogP contribution < -0.4 is 0 Å². The molecule has 2 aromatic heterocycles. The van der Waals surface area contributed by atoms with Crippen LogP contribution in [0, 0.1) is 0 Å². The number of fused-ring (bicyclic) bond motifs is 2. The molecule has 0 saturated heterocycles. The molecule has 122 valence electrons. The Bertz CT molecular complexity index is 997. The molecule has 0 saturated carbocycles. The van der Waals surface area contributed by atoms with Crippen molar-refractivity contribution in [1.82, 2.24) is 9.97 Å². The lowest BCUT2D eigenvalue weighted by molar-refractivity contribution is 0.757. The van der Waals surface area contributed by atoms with Crippen molar-refractivity contribution in [3.05, 3.63) is 58.0 Å². The van der Waals surface area contributed by atoms with Crippen LogP contribution in [0.15, 0.2) is 41.9 Å². The van der Waals surface area contributed by atoms with Gasteiger partial charge in [-0.15, -0.1) is 22.7 Å². The Kier molecular flexibility index (Phi) is 4.10. The summed E-state index contributed by atoms with van der Waals surface area (Å²) in [5.74, 6) is 1.01. The fourth-order valence-corrected chi connectivity index (χ4v) is 4.80. The van der Waals surface area contributed by atoms with Crippen molar-refractivity contribution in [2.24, 2.45) is 0 Å². The van der Waals surface area contributed by atoms with Gasteiger partial charge in [-0.1, -0.05) is 32.9 Å². The number of rotatable bonds is 4. The minimum absolute atomic E-state index is 0.460. The number of aromatic nitrogens is 2. The zero-order valence-electron chi connectivity index (χ0n) is 14.1. The highest BCUT2D eigenvalue weighted by Crippen LogP contribution is 2.30. The van der Waals surface area contributed by atoms with E-state index in [4.69, 9.17) is 4.98 Å². The van der Waals surface area contributed by atoms with Crippen molar-refractivity contribution in [2.45, 2.75) is 39.0 Å². The van der Waals surface area contributed by atoms with Crippen molar-refractivity contribution < 1.29 is 0 Å². The van der Waals surface area contributed by atoms with Crippen LogP contribution in [0.2, 0.25) is 0 Å². The molecule has 0 bridgehead atoms. The van der Waals surface area contributed by atoms with Crippen molar-refractivity contribution in [3.8, 4) is 0 Å². The molecule has 0 aliphatic rings. The summed E-state index contributed by atoms with van der Waals surface area (Å²) in [6.07, 6.45) is 0.987. The molecule has 0 spiro atoms. The first kappa shape index (κ1) is 15.7. The van der Waals surface area contributed by atoms with E-state index in [0.717, 1.165) is 17.5 Å². The van der Waals surface area contributed by atoms with Gasteiger partial charge in [0.1, 0.15) is 0 Å². The third-order valence-electron chi connectivity index (χ3n) is 4.53. The molecule has 24 heavy (non-hydrogen) atoms. The van der Waals surface area contributed by atoms with Crippen LogP contribution >= 0.6 is 22.7 Å². The van der Waals surface area contributed by atoms with Gasteiger partial charge in [0.25, 0.3) is 0 Å². The highest BCUT2D eigenvalue weighted by Gasteiger charge is 2.12. The first-order valence-corrected chi connectivity index (χ1v) is 10.0. The maximum atomic E-state index is 4.88. The first-order valence-electron chi connectivity index (χ1n) is 8.32. The summed E-state index contributed by atoms with van der Waals surface area (Å²) in [5, 5.41) is 1.22. The third kappa shape index (κ3) is 2.96. The monoisotopic (exact) mass is 352 g/mol. The van der Waals surface area contributed by atoms with Gasteiger partial charge in [-0.25, -0.2) is 9.97 Å². The molecular weight excluding hydrogens is 332 g/mol. The topological polar surface area (TPSA) is 25.8 Å². The normalized spacial score (nSPS) is 13.2. The van der Waals surface area contributed by atoms with E-state index in [1.54, 1.807) is 11.3 Å². The van der Waals surface area contributed by atoms with Crippen molar-refractivity contribution in [1.29, 1.82) is 0 Å². The fraction of sp³-hybridized carbons (Fsp3) is 0.300. The summed E-state index contributed by atoms with van der Waals surface area (Å²) in [7, 11) is 0. The average Bonchev–Trinajstić information content (AvgIpc) is 3.18. The fourth-order valence-electron chi connectivity index (χ4n) is 3.00. The molecule has 2 aromatic carbocycles. The molecule has 4 heteroatoms. The molecule has 0 fully saturated rings. The van der Waals surface area contributed by atoms with Crippen molar-refractivity contribution in [2.75, 3.05) is 0 Å². The molecule has 4 aromatic rings. The molecule has 1 atom stereocenters. The van der Waals surface area contributed by atoms with E-state index in [9.17, 15) is 0 Å². The predicted octanol–water partition coefficient (Wildman–Crippen LogP) is 6.38. The van der Waals surface area contributed by atoms with E-state index in [0.29, 0.717) is 11.8 Å². The van der Waals surface area contributed by atoms with Gasteiger partial charge < -0.3 is 0 Å². The van der Waals surface area contributed by atoms with Gasteiger partial charge in [-0.05, 0) is 47.2 Å². The highest BCUT2D eigenvalue weighted by atomic mass is 32.1. The van der Waals surface area contributed by atoms with Gasteiger partial charge in [-0.3, -0.25) is 0 Å². The second-order valence-electron chi connectivity index (χ2n) is 6.67. The average molecular weight is 353 g/mol. The van der Waals surface area contributed by atoms with E-state index < -0.39 is 0 Å². The van der Waals surface area contributed by atoms with Crippen LogP contribution in [-0.4, -0.2) is 9.97 Å². The van der Waals surface area contributed by atoms with Gasteiger partial charge in [0.2, 0.25) is 0 Å². The Morgan fingerprint density at radius 3 is 2.58 bits per heavy atom. The van der Waals surface area contributed by atoms with Crippen LogP contribution in [-0.2, 0) is 6.42 Å². The van der Waals surface area contributed by atoms with Gasteiger partial charge in [0.05, 0.1) is 31.0 Å². The zero-order valence-corrected chi connectivity index (χ0v) is 15.7. The molecule has 0 aliphatic heterocycles. The Morgan fingerprint density at radius 1 is 0.917 bits per heavy atom. The SMILES string of the molecule is CC(C)c1ccc2sc(CC(C)c3ccc4ncsc4c3)nc2c1. The summed E-state index contributed by atoms with van der Waals surface area (Å²) in [5.41, 5.74) is 6.89. The minimum atomic E-state index is 0.460. The quantitative estimate of drug-likeness (QED) is 0.426. The molecule has 4 rings (SSSR count). The summed E-state index contributed by atoms with van der Waals surface area (Å²) in [6, 6.07) is 13.3. The largest absolute Gasteiger partial charge is 0.245 e. The van der Waals surface area contributed by atoms with Crippen LogP contribution in [0.1, 0.15) is 48.7 Å². The maximum absolute atomic E-state index is 4.88. The summed E-state index contributed by atoms with van der Waals surface area (Å²) in [4.78, 5) is 9.24. The molecular formula is C20H20N2S2. The summed E-state index contributed by atoms with van der Waals surface area (Å²) >= 11 is 3.53. The Balaban J connectivity index is 1.60. The smallest absolute Gasteiger partial charge is 0.0944 e. The summed E-state index contributed by atoms with van der Waals surface area (Å²) < 4.78 is 2.56. The number of hydrogen-bond donors (Lipinski definition) is 0. The number of thiazole rings is 2. The molecule has 1 unspecified atom stereocenters. The Morgan fingerprint density at radius 2 is 1.75 bits per heavy atom. The summed E-state index contributed by atoms with van der Waals surface area (Å²) in [6.45, 7) is 6.74. The lowest BCUT2D eigenvalue weighted by atomic mass is 9.98. The standard InChI is InChI=1S/C20H20N2S2/c1-12(2)14-5-7-18-17(9-14)22-20(24-18)8-13(3)15-4-6-16-19(10-15)23-11-21-16/h4-7,9-13H,8H2,1-3H3. The third-order valence-corrected chi connectivity index (χ3v) is 6.38. The van der Waals surface area contributed by atoms with E-state index >= 15 is 0 Å². The van der Waals surface area contributed by atoms with Crippen molar-refractivity contribution in [3.63, 3.8) is 0 Å². The lowest BCUT2D eigenvalue weighted by Crippen LogP contribution is -1.97. The van der Waals surface area contributed by atoms with E-state index in [1.807, 2.05) is 16.8 Å². The van der Waals surface area contributed by atoms with E-state index in [2.05, 4.69) is 62.2 Å². The van der Waals surface area contributed by atoms with Crippen LogP contribution in [0.4, 0.5) is 0 Å². The molecule has 0 amide bonds. The minimum Gasteiger partial charge on any atom is -0.245 e. The number of hydrogen-bond acceptors (Lipinski definition) is 4. The van der Waals surface area contributed by atoms with Crippen molar-refractivity contribution >= 4 is 43.1 Å². The Labute approximate surface area is 150 Å². The molecule has 0 aliphatic carbocycles. The van der Waals surface area contributed by atoms with Crippen LogP contribution in [0.5, 0.6) is 0 Å². The lowest BCUT2D eigenvalue weighted by Gasteiger charge is -2.09. The second kappa shape index (κ2) is 6.26. The zero-order chi connectivity index (χ0) is 16.7. The van der Waals surface area contributed by atoms with Crippen LogP contribution in [0.3, 0.4) is 0 Å². The number of nitrogens with zero attached hydrogens (tertiary/aromatic N) is 2. The predicted molar refractivity (Wildman–Crippen MR) is 105 cm³/mol. The van der Waals surface area contributed by atoms with E-state index in [-0.39, 0.29) is 0 Å². The maximum Gasteiger partial charge on any atom is 0.0944 e.